The molecule has 26 heavy (non-hydrogen) atoms. The summed E-state index contributed by atoms with van der Waals surface area (Å²) in [5, 5.41) is 9.77. The number of hydrogen-bond acceptors (Lipinski definition) is 5. The standard InChI is InChI=1S/C20H23N3O2S/c1-24-14-15-26-20-22-21-19(17-8-10-18(25-2)11-9-17)23(20)13-12-16-6-4-3-5-7-16/h3-11H,12-15H2,1-2H3. The fourth-order valence-corrected chi connectivity index (χ4v) is 3.52. The molecule has 0 atom stereocenters. The molecule has 0 amide bonds. The largest absolute Gasteiger partial charge is 0.497 e. The highest BCUT2D eigenvalue weighted by Crippen LogP contribution is 2.26. The number of thioether (sulfide) groups is 1. The molecular weight excluding hydrogens is 346 g/mol. The Hall–Kier alpha value is -2.31. The molecule has 1 heterocycles. The molecule has 0 saturated heterocycles. The lowest BCUT2D eigenvalue weighted by Crippen LogP contribution is -2.06. The molecule has 5 nitrogen and oxygen atoms in total. The zero-order valence-corrected chi connectivity index (χ0v) is 15.9. The van der Waals surface area contributed by atoms with Gasteiger partial charge in [-0.15, -0.1) is 10.2 Å². The highest BCUT2D eigenvalue weighted by molar-refractivity contribution is 7.99. The van der Waals surface area contributed by atoms with Gasteiger partial charge in [-0.25, -0.2) is 0 Å². The molecule has 3 rings (SSSR count). The van der Waals surface area contributed by atoms with Gasteiger partial charge in [-0.05, 0) is 36.2 Å². The van der Waals surface area contributed by atoms with Gasteiger partial charge >= 0.3 is 0 Å². The third-order valence-electron chi connectivity index (χ3n) is 4.05. The van der Waals surface area contributed by atoms with E-state index in [1.54, 1.807) is 26.0 Å². The highest BCUT2D eigenvalue weighted by atomic mass is 32.2. The van der Waals surface area contributed by atoms with E-state index >= 15 is 0 Å². The molecular formula is C20H23N3O2S. The minimum atomic E-state index is 0.689. The average Bonchev–Trinajstić information content (AvgIpc) is 3.10. The van der Waals surface area contributed by atoms with Gasteiger partial charge < -0.3 is 14.0 Å². The van der Waals surface area contributed by atoms with E-state index in [0.717, 1.165) is 41.0 Å². The molecule has 3 aromatic rings. The first-order chi connectivity index (χ1) is 12.8. The van der Waals surface area contributed by atoms with E-state index in [2.05, 4.69) is 39.0 Å². The van der Waals surface area contributed by atoms with Crippen molar-refractivity contribution in [1.82, 2.24) is 14.8 Å². The summed E-state index contributed by atoms with van der Waals surface area (Å²) in [7, 11) is 3.38. The summed E-state index contributed by atoms with van der Waals surface area (Å²) in [5.41, 5.74) is 2.33. The first kappa shape index (κ1) is 18.5. The number of nitrogens with zero attached hydrogens (tertiary/aromatic N) is 3. The number of methoxy groups -OCH3 is 2. The SMILES string of the molecule is COCCSc1nnc(-c2ccc(OC)cc2)n1CCc1ccccc1. The molecule has 6 heteroatoms. The van der Waals surface area contributed by atoms with Crippen molar-refractivity contribution in [2.45, 2.75) is 18.1 Å². The Morgan fingerprint density at radius 3 is 2.42 bits per heavy atom. The van der Waals surface area contributed by atoms with Gasteiger partial charge in [0.15, 0.2) is 11.0 Å². The van der Waals surface area contributed by atoms with Gasteiger partial charge in [0.1, 0.15) is 5.75 Å². The lowest BCUT2D eigenvalue weighted by Gasteiger charge is -2.11. The summed E-state index contributed by atoms with van der Waals surface area (Å²) in [6.07, 6.45) is 0.930. The summed E-state index contributed by atoms with van der Waals surface area (Å²) in [6, 6.07) is 18.4. The smallest absolute Gasteiger partial charge is 0.191 e. The molecule has 0 fully saturated rings. The van der Waals surface area contributed by atoms with Crippen LogP contribution < -0.4 is 4.74 Å². The van der Waals surface area contributed by atoms with Crippen molar-refractivity contribution in [3.8, 4) is 17.1 Å². The quantitative estimate of drug-likeness (QED) is 0.422. The van der Waals surface area contributed by atoms with Crippen LogP contribution in [0, 0.1) is 0 Å². The lowest BCUT2D eigenvalue weighted by atomic mass is 10.1. The Balaban J connectivity index is 1.84. The topological polar surface area (TPSA) is 49.2 Å². The fraction of sp³-hybridized carbons (Fsp3) is 0.300. The van der Waals surface area contributed by atoms with Crippen molar-refractivity contribution in [1.29, 1.82) is 0 Å². The van der Waals surface area contributed by atoms with Crippen LogP contribution in [0.5, 0.6) is 5.75 Å². The van der Waals surface area contributed by atoms with Crippen LogP contribution in [0.3, 0.4) is 0 Å². The molecule has 0 N–H and O–H groups in total. The third-order valence-corrected chi connectivity index (χ3v) is 4.98. The summed E-state index contributed by atoms with van der Waals surface area (Å²) < 4.78 is 12.6. The minimum absolute atomic E-state index is 0.689. The minimum Gasteiger partial charge on any atom is -0.497 e. The second-order valence-electron chi connectivity index (χ2n) is 5.76. The van der Waals surface area contributed by atoms with Gasteiger partial charge in [0.25, 0.3) is 0 Å². The maximum atomic E-state index is 5.25. The normalized spacial score (nSPS) is 10.8. The van der Waals surface area contributed by atoms with Crippen molar-refractivity contribution in [2.75, 3.05) is 26.6 Å². The van der Waals surface area contributed by atoms with Crippen molar-refractivity contribution in [3.05, 3.63) is 60.2 Å². The molecule has 136 valence electrons. The van der Waals surface area contributed by atoms with Gasteiger partial charge in [-0.2, -0.15) is 0 Å². The van der Waals surface area contributed by atoms with Gasteiger partial charge in [0, 0.05) is 25.0 Å². The monoisotopic (exact) mass is 369 g/mol. The molecule has 1 aromatic heterocycles. The van der Waals surface area contributed by atoms with Crippen LogP contribution in [0.25, 0.3) is 11.4 Å². The maximum Gasteiger partial charge on any atom is 0.191 e. The van der Waals surface area contributed by atoms with E-state index < -0.39 is 0 Å². The summed E-state index contributed by atoms with van der Waals surface area (Å²) in [6.45, 7) is 1.52. The van der Waals surface area contributed by atoms with E-state index in [9.17, 15) is 0 Å². The van der Waals surface area contributed by atoms with Crippen molar-refractivity contribution in [3.63, 3.8) is 0 Å². The number of aromatic nitrogens is 3. The van der Waals surface area contributed by atoms with Crippen LogP contribution >= 0.6 is 11.8 Å². The summed E-state index contributed by atoms with van der Waals surface area (Å²) in [4.78, 5) is 0. The van der Waals surface area contributed by atoms with E-state index in [0.29, 0.717) is 6.61 Å². The number of hydrogen-bond donors (Lipinski definition) is 0. The predicted molar refractivity (Wildman–Crippen MR) is 105 cm³/mol. The molecule has 0 saturated carbocycles. The Morgan fingerprint density at radius 2 is 1.73 bits per heavy atom. The molecule has 0 aliphatic heterocycles. The predicted octanol–water partition coefficient (Wildman–Crippen LogP) is 3.93. The van der Waals surface area contributed by atoms with E-state index in [1.165, 1.54) is 5.56 Å². The molecule has 0 aliphatic carbocycles. The van der Waals surface area contributed by atoms with Gasteiger partial charge in [0.05, 0.1) is 13.7 Å². The Morgan fingerprint density at radius 1 is 0.962 bits per heavy atom. The van der Waals surface area contributed by atoms with Gasteiger partial charge in [-0.1, -0.05) is 42.1 Å². The van der Waals surface area contributed by atoms with Crippen molar-refractivity contribution >= 4 is 11.8 Å². The Labute approximate surface area is 158 Å². The number of rotatable bonds is 9. The number of ether oxygens (including phenoxy) is 2. The lowest BCUT2D eigenvalue weighted by molar-refractivity contribution is 0.218. The van der Waals surface area contributed by atoms with Crippen LogP contribution in [0.2, 0.25) is 0 Å². The molecule has 0 aliphatic rings. The third kappa shape index (κ3) is 4.65. The maximum absolute atomic E-state index is 5.25. The summed E-state index contributed by atoms with van der Waals surface area (Å²) in [5.74, 6) is 2.56. The molecule has 0 spiro atoms. The molecule has 0 radical (unpaired) electrons. The second-order valence-corrected chi connectivity index (χ2v) is 6.83. The van der Waals surface area contributed by atoms with Crippen LogP contribution in [0.4, 0.5) is 0 Å². The first-order valence-electron chi connectivity index (χ1n) is 8.55. The number of benzene rings is 2. The van der Waals surface area contributed by atoms with Crippen LogP contribution in [-0.4, -0.2) is 41.3 Å². The van der Waals surface area contributed by atoms with Crippen LogP contribution in [0.15, 0.2) is 59.8 Å². The van der Waals surface area contributed by atoms with E-state index in [1.807, 2.05) is 30.3 Å². The molecule has 0 bridgehead atoms. The molecule has 0 unspecified atom stereocenters. The summed E-state index contributed by atoms with van der Waals surface area (Å²) >= 11 is 1.67. The van der Waals surface area contributed by atoms with Gasteiger partial charge in [-0.3, -0.25) is 0 Å². The van der Waals surface area contributed by atoms with E-state index in [4.69, 9.17) is 9.47 Å². The highest BCUT2D eigenvalue weighted by Gasteiger charge is 2.14. The fourth-order valence-electron chi connectivity index (χ4n) is 2.65. The number of aryl methyl sites for hydroxylation is 1. The average molecular weight is 369 g/mol. The van der Waals surface area contributed by atoms with Crippen molar-refractivity contribution in [2.24, 2.45) is 0 Å². The Bertz CT molecular complexity index is 804. The van der Waals surface area contributed by atoms with Crippen LogP contribution in [-0.2, 0) is 17.7 Å². The molecule has 2 aromatic carbocycles. The van der Waals surface area contributed by atoms with Crippen LogP contribution in [0.1, 0.15) is 5.56 Å². The van der Waals surface area contributed by atoms with E-state index in [-0.39, 0.29) is 0 Å². The van der Waals surface area contributed by atoms with Gasteiger partial charge in [0.2, 0.25) is 0 Å². The van der Waals surface area contributed by atoms with Crippen molar-refractivity contribution < 1.29 is 9.47 Å². The Kier molecular flexibility index (Phi) is 6.68. The first-order valence-corrected chi connectivity index (χ1v) is 9.53. The zero-order chi connectivity index (χ0) is 18.2. The zero-order valence-electron chi connectivity index (χ0n) is 15.1. The second kappa shape index (κ2) is 9.40.